The van der Waals surface area contributed by atoms with Crippen molar-refractivity contribution in [1.29, 1.82) is 0 Å². The highest BCUT2D eigenvalue weighted by Crippen LogP contribution is 2.41. The first-order valence-corrected chi connectivity index (χ1v) is 10.0. The second kappa shape index (κ2) is 7.44. The van der Waals surface area contributed by atoms with Crippen molar-refractivity contribution in [2.75, 3.05) is 4.90 Å². The molecule has 8 heteroatoms. The molecule has 29 heavy (non-hydrogen) atoms. The van der Waals surface area contributed by atoms with Crippen LogP contribution in [0.2, 0.25) is 0 Å². The van der Waals surface area contributed by atoms with Gasteiger partial charge in [0.2, 0.25) is 0 Å². The van der Waals surface area contributed by atoms with Gasteiger partial charge in [-0.15, -0.1) is 11.3 Å². The summed E-state index contributed by atoms with van der Waals surface area (Å²) in [5, 5.41) is 9.85. The first kappa shape index (κ1) is 19.3. The van der Waals surface area contributed by atoms with E-state index < -0.39 is 24.4 Å². The number of aromatic nitrogens is 1. The fourth-order valence-electron chi connectivity index (χ4n) is 3.42. The number of aliphatic carboxylic acids is 1. The molecule has 6 nitrogen and oxygen atoms in total. The summed E-state index contributed by atoms with van der Waals surface area (Å²) in [5.41, 5.74) is 2.03. The van der Waals surface area contributed by atoms with Crippen molar-refractivity contribution in [3.05, 3.63) is 52.8 Å². The molecule has 0 radical (unpaired) electrons. The van der Waals surface area contributed by atoms with Crippen LogP contribution in [0.5, 0.6) is 5.75 Å². The van der Waals surface area contributed by atoms with Crippen molar-refractivity contribution in [2.24, 2.45) is 0 Å². The summed E-state index contributed by atoms with van der Waals surface area (Å²) in [7, 11) is 0. The zero-order valence-electron chi connectivity index (χ0n) is 15.9. The zero-order chi connectivity index (χ0) is 20.7. The molecule has 4 rings (SSSR count). The molecule has 0 spiro atoms. The monoisotopic (exact) mass is 414 g/mol. The summed E-state index contributed by atoms with van der Waals surface area (Å²) in [6.07, 6.45) is -1.53. The Morgan fingerprint density at radius 2 is 2.14 bits per heavy atom. The van der Waals surface area contributed by atoms with E-state index in [0.29, 0.717) is 22.0 Å². The highest BCUT2D eigenvalue weighted by Gasteiger charge is 2.37. The molecular formula is C21H19FN2O4S. The minimum Gasteiger partial charge on any atom is -0.481 e. The second-order valence-corrected chi connectivity index (χ2v) is 8.31. The quantitative estimate of drug-likeness (QED) is 0.672. The number of benzene rings is 2. The number of thiazole rings is 1. The summed E-state index contributed by atoms with van der Waals surface area (Å²) in [5.74, 6) is -1.24. The predicted octanol–water partition coefficient (Wildman–Crippen LogP) is 4.33. The highest BCUT2D eigenvalue weighted by atomic mass is 32.1. The number of carboxylic acids is 1. The maximum absolute atomic E-state index is 13.5. The van der Waals surface area contributed by atoms with E-state index in [9.17, 15) is 19.1 Å². The van der Waals surface area contributed by atoms with Crippen LogP contribution in [-0.4, -0.2) is 28.1 Å². The predicted molar refractivity (Wildman–Crippen MR) is 108 cm³/mol. The number of halogens is 1. The molecule has 150 valence electrons. The molecule has 1 unspecified atom stereocenters. The van der Waals surface area contributed by atoms with Crippen molar-refractivity contribution >= 4 is 39.1 Å². The number of ether oxygens (including phenoxy) is 1. The van der Waals surface area contributed by atoms with Gasteiger partial charge in [0, 0.05) is 6.07 Å². The molecule has 0 fully saturated rings. The maximum atomic E-state index is 13.5. The van der Waals surface area contributed by atoms with Gasteiger partial charge in [-0.3, -0.25) is 14.5 Å². The maximum Gasteiger partial charge on any atom is 0.307 e. The van der Waals surface area contributed by atoms with Crippen molar-refractivity contribution in [3.8, 4) is 5.75 Å². The lowest BCUT2D eigenvalue weighted by molar-refractivity contribution is -0.142. The van der Waals surface area contributed by atoms with Gasteiger partial charge in [-0.25, -0.2) is 9.37 Å². The van der Waals surface area contributed by atoms with E-state index >= 15 is 0 Å². The second-order valence-electron chi connectivity index (χ2n) is 7.20. The summed E-state index contributed by atoms with van der Waals surface area (Å²) >= 11 is 1.37. The molecule has 1 aromatic heterocycles. The topological polar surface area (TPSA) is 79.7 Å². The number of carboxylic acid groups (broad SMARTS) is 1. The lowest BCUT2D eigenvalue weighted by Gasteiger charge is -2.35. The average molecular weight is 414 g/mol. The number of carbonyl (C=O) groups is 2. The largest absolute Gasteiger partial charge is 0.481 e. The van der Waals surface area contributed by atoms with Crippen LogP contribution in [-0.2, 0) is 16.1 Å². The molecule has 0 saturated heterocycles. The van der Waals surface area contributed by atoms with Gasteiger partial charge in [0.15, 0.2) is 6.10 Å². The third kappa shape index (κ3) is 3.67. The Balaban J connectivity index is 1.76. The Kier molecular flexibility index (Phi) is 4.96. The summed E-state index contributed by atoms with van der Waals surface area (Å²) in [6, 6.07) is 9.93. The molecule has 1 N–H and O–H groups in total. The fourth-order valence-corrected chi connectivity index (χ4v) is 4.36. The number of hydrogen-bond acceptors (Lipinski definition) is 5. The number of para-hydroxylation sites is 1. The number of fused-ring (bicyclic) bond motifs is 2. The van der Waals surface area contributed by atoms with E-state index in [-0.39, 0.29) is 18.3 Å². The van der Waals surface area contributed by atoms with E-state index in [4.69, 9.17) is 4.74 Å². The van der Waals surface area contributed by atoms with Crippen LogP contribution in [0, 0.1) is 5.82 Å². The molecule has 1 atom stereocenters. The van der Waals surface area contributed by atoms with E-state index in [0.717, 1.165) is 10.3 Å². The Morgan fingerprint density at radius 3 is 2.86 bits per heavy atom. The number of rotatable bonds is 5. The van der Waals surface area contributed by atoms with Crippen LogP contribution in [0.15, 0.2) is 36.4 Å². The first-order valence-electron chi connectivity index (χ1n) is 9.21. The lowest BCUT2D eigenvalue weighted by Crippen LogP contribution is -2.46. The van der Waals surface area contributed by atoms with Gasteiger partial charge in [0.05, 0.1) is 28.9 Å². The van der Waals surface area contributed by atoms with Crippen LogP contribution in [0.1, 0.15) is 36.8 Å². The normalized spacial score (nSPS) is 16.2. The molecule has 0 saturated carbocycles. The van der Waals surface area contributed by atoms with Gasteiger partial charge in [-0.1, -0.05) is 26.0 Å². The third-order valence-electron chi connectivity index (χ3n) is 4.79. The van der Waals surface area contributed by atoms with Crippen LogP contribution in [0.3, 0.4) is 0 Å². The lowest BCUT2D eigenvalue weighted by atomic mass is 9.99. The summed E-state index contributed by atoms with van der Waals surface area (Å²) in [4.78, 5) is 30.3. The molecule has 1 aliphatic rings. The molecule has 1 amide bonds. The van der Waals surface area contributed by atoms with E-state index in [1.165, 1.54) is 28.4 Å². The van der Waals surface area contributed by atoms with Crippen molar-refractivity contribution in [2.45, 2.75) is 38.8 Å². The van der Waals surface area contributed by atoms with Crippen LogP contribution >= 0.6 is 11.3 Å². The summed E-state index contributed by atoms with van der Waals surface area (Å²) in [6.45, 7) is 4.18. The SMILES string of the molecule is CC(C)c1cccc2c1OC(CC(=O)O)C(=O)N2Cc1nc2cc(F)ccc2s1. The minimum atomic E-state index is -1.11. The van der Waals surface area contributed by atoms with E-state index in [2.05, 4.69) is 4.98 Å². The Bertz CT molecular complexity index is 1110. The molecule has 2 heterocycles. The first-order chi connectivity index (χ1) is 13.8. The molecule has 1 aliphatic heterocycles. The zero-order valence-corrected chi connectivity index (χ0v) is 16.7. The van der Waals surface area contributed by atoms with E-state index in [1.54, 1.807) is 12.1 Å². The van der Waals surface area contributed by atoms with Gasteiger partial charge in [-0.05, 0) is 29.7 Å². The molecule has 0 aliphatic carbocycles. The summed E-state index contributed by atoms with van der Waals surface area (Å²) < 4.78 is 20.2. The van der Waals surface area contributed by atoms with Crippen LogP contribution < -0.4 is 9.64 Å². The van der Waals surface area contributed by atoms with Gasteiger partial charge >= 0.3 is 5.97 Å². The smallest absolute Gasteiger partial charge is 0.307 e. The molecule has 3 aromatic rings. The highest BCUT2D eigenvalue weighted by molar-refractivity contribution is 7.18. The van der Waals surface area contributed by atoms with E-state index in [1.807, 2.05) is 26.0 Å². The molecule has 2 aromatic carbocycles. The van der Waals surface area contributed by atoms with Gasteiger partial charge in [-0.2, -0.15) is 0 Å². The Morgan fingerprint density at radius 1 is 1.34 bits per heavy atom. The Labute approximate surface area is 170 Å². The molecular weight excluding hydrogens is 395 g/mol. The molecule has 0 bridgehead atoms. The third-order valence-corrected chi connectivity index (χ3v) is 5.81. The number of nitrogens with zero attached hydrogens (tertiary/aromatic N) is 2. The van der Waals surface area contributed by atoms with Crippen molar-refractivity contribution < 1.29 is 23.8 Å². The number of amides is 1. The van der Waals surface area contributed by atoms with Crippen LogP contribution in [0.25, 0.3) is 10.2 Å². The fraction of sp³-hybridized carbons (Fsp3) is 0.286. The number of hydrogen-bond donors (Lipinski definition) is 1. The van der Waals surface area contributed by atoms with Crippen LogP contribution in [0.4, 0.5) is 10.1 Å². The number of carbonyl (C=O) groups excluding carboxylic acids is 1. The van der Waals surface area contributed by atoms with Gasteiger partial charge < -0.3 is 9.84 Å². The van der Waals surface area contributed by atoms with Gasteiger partial charge in [0.25, 0.3) is 5.91 Å². The Hall–Kier alpha value is -3.00. The average Bonchev–Trinajstić information content (AvgIpc) is 3.05. The van der Waals surface area contributed by atoms with Gasteiger partial charge in [0.1, 0.15) is 16.6 Å². The standard InChI is InChI=1S/C21H19FN2O4S/c1-11(2)13-4-3-5-15-20(13)28-16(9-19(25)26)21(27)24(15)10-18-23-14-8-12(22)6-7-17(14)29-18/h3-8,11,16H,9-10H2,1-2H3,(H,25,26). The number of anilines is 1. The van der Waals surface area contributed by atoms with Crippen molar-refractivity contribution in [1.82, 2.24) is 4.98 Å². The van der Waals surface area contributed by atoms with Crippen molar-refractivity contribution in [3.63, 3.8) is 0 Å². The minimum absolute atomic E-state index is 0.135.